The van der Waals surface area contributed by atoms with Crippen LogP contribution in [0.4, 0.5) is 0 Å². The molecule has 0 bridgehead atoms. The molecule has 5 rings (SSSR count). The highest BCUT2D eigenvalue weighted by molar-refractivity contribution is 7.98. The van der Waals surface area contributed by atoms with E-state index in [1.54, 1.807) is 16.3 Å². The predicted molar refractivity (Wildman–Crippen MR) is 146 cm³/mol. The molecule has 1 aliphatic carbocycles. The van der Waals surface area contributed by atoms with Gasteiger partial charge in [-0.25, -0.2) is 4.98 Å². The minimum atomic E-state index is -0.00354. The lowest BCUT2D eigenvalue weighted by molar-refractivity contribution is -0.122. The first kappa shape index (κ1) is 24.1. The summed E-state index contributed by atoms with van der Waals surface area (Å²) in [5.41, 5.74) is 3.25. The smallest absolute Gasteiger partial charge is 0.272 e. The molecular formula is C28H31N3O2S2. The molecule has 1 saturated carbocycles. The Balaban J connectivity index is 1.39. The van der Waals surface area contributed by atoms with Crippen molar-refractivity contribution < 1.29 is 4.79 Å². The van der Waals surface area contributed by atoms with Gasteiger partial charge in [-0.05, 0) is 43.4 Å². The molecule has 4 aromatic rings. The Hall–Kier alpha value is -2.64. The molecular weight excluding hydrogens is 474 g/mol. The van der Waals surface area contributed by atoms with E-state index in [0.29, 0.717) is 30.1 Å². The topological polar surface area (TPSA) is 64.0 Å². The first-order chi connectivity index (χ1) is 17.1. The second-order valence-corrected chi connectivity index (χ2v) is 11.3. The zero-order valence-corrected chi connectivity index (χ0v) is 21.7. The first-order valence-electron chi connectivity index (χ1n) is 12.5. The van der Waals surface area contributed by atoms with Crippen molar-refractivity contribution in [3.05, 3.63) is 70.0 Å². The molecule has 1 aliphatic rings. The van der Waals surface area contributed by atoms with E-state index < -0.39 is 0 Å². The van der Waals surface area contributed by atoms with Crippen LogP contribution in [0.3, 0.4) is 0 Å². The highest BCUT2D eigenvalue weighted by atomic mass is 32.2. The standard InChI is InChI=1S/C28H31N3O2S2/c1-19-10-5-6-11-20(19)18-34-28-30-25-22-14-7-8-15-23(22)35-26(25)27(33)31(28)17-9-16-24(32)29-21-12-3-2-4-13-21/h5-8,10-11,14-15,21H,2-4,9,12-13,16-18H2,1H3,(H,29,32). The Morgan fingerprint density at radius 2 is 1.89 bits per heavy atom. The van der Waals surface area contributed by atoms with Crippen molar-refractivity contribution >= 4 is 49.3 Å². The van der Waals surface area contributed by atoms with Crippen LogP contribution < -0.4 is 10.9 Å². The molecule has 0 radical (unpaired) electrons. The van der Waals surface area contributed by atoms with E-state index in [9.17, 15) is 9.59 Å². The molecule has 0 spiro atoms. The Kier molecular flexibility index (Phi) is 7.54. The van der Waals surface area contributed by atoms with Crippen LogP contribution in [0.15, 0.2) is 58.5 Å². The average Bonchev–Trinajstić information content (AvgIpc) is 3.25. The monoisotopic (exact) mass is 505 g/mol. The van der Waals surface area contributed by atoms with Crippen molar-refractivity contribution in [2.75, 3.05) is 0 Å². The third-order valence-corrected chi connectivity index (χ3v) is 8.99. The number of nitrogens with zero attached hydrogens (tertiary/aromatic N) is 2. The van der Waals surface area contributed by atoms with Gasteiger partial charge in [-0.15, -0.1) is 11.3 Å². The minimum Gasteiger partial charge on any atom is -0.353 e. The lowest BCUT2D eigenvalue weighted by atomic mass is 9.95. The van der Waals surface area contributed by atoms with Crippen LogP contribution in [0.25, 0.3) is 20.3 Å². The van der Waals surface area contributed by atoms with Crippen LogP contribution in [0.2, 0.25) is 0 Å². The van der Waals surface area contributed by atoms with Crippen molar-refractivity contribution in [2.45, 2.75) is 75.4 Å². The summed E-state index contributed by atoms with van der Waals surface area (Å²) in [5.74, 6) is 0.837. The van der Waals surface area contributed by atoms with E-state index in [0.717, 1.165) is 39.4 Å². The van der Waals surface area contributed by atoms with Gasteiger partial charge in [0.05, 0.1) is 5.52 Å². The number of carbonyl (C=O) groups is 1. The molecule has 7 heteroatoms. The quantitative estimate of drug-likeness (QED) is 0.221. The van der Waals surface area contributed by atoms with Gasteiger partial charge in [0, 0.05) is 34.8 Å². The zero-order chi connectivity index (χ0) is 24.2. The SMILES string of the molecule is Cc1ccccc1CSc1nc2c(sc3ccccc32)c(=O)n1CCCC(=O)NC1CCCCC1. The Bertz CT molecular complexity index is 1400. The first-order valence-corrected chi connectivity index (χ1v) is 14.3. The zero-order valence-electron chi connectivity index (χ0n) is 20.1. The maximum Gasteiger partial charge on any atom is 0.272 e. The number of thiophene rings is 1. The molecule has 2 aromatic heterocycles. The lowest BCUT2D eigenvalue weighted by Gasteiger charge is -2.22. The maximum atomic E-state index is 13.6. The average molecular weight is 506 g/mol. The normalized spacial score (nSPS) is 14.5. The third kappa shape index (κ3) is 5.46. The maximum absolute atomic E-state index is 13.6. The number of hydrogen-bond acceptors (Lipinski definition) is 5. The Morgan fingerprint density at radius 3 is 2.71 bits per heavy atom. The highest BCUT2D eigenvalue weighted by Crippen LogP contribution is 2.32. The fraction of sp³-hybridized carbons (Fsp3) is 0.393. The van der Waals surface area contributed by atoms with Crippen LogP contribution in [0.1, 0.15) is 56.1 Å². The number of hydrogen-bond donors (Lipinski definition) is 1. The van der Waals surface area contributed by atoms with E-state index in [2.05, 4.69) is 24.4 Å². The van der Waals surface area contributed by atoms with Gasteiger partial charge in [0.25, 0.3) is 5.56 Å². The van der Waals surface area contributed by atoms with Crippen LogP contribution in [-0.4, -0.2) is 21.5 Å². The van der Waals surface area contributed by atoms with Crippen LogP contribution in [0.5, 0.6) is 0 Å². The summed E-state index contributed by atoms with van der Waals surface area (Å²) in [4.78, 5) is 31.1. The van der Waals surface area contributed by atoms with E-state index in [-0.39, 0.29) is 11.5 Å². The van der Waals surface area contributed by atoms with Crippen molar-refractivity contribution in [3.63, 3.8) is 0 Å². The largest absolute Gasteiger partial charge is 0.353 e. The van der Waals surface area contributed by atoms with Crippen molar-refractivity contribution in [2.24, 2.45) is 0 Å². The number of nitrogens with one attached hydrogen (secondary N) is 1. The number of thioether (sulfide) groups is 1. The number of aryl methyl sites for hydroxylation is 1. The minimum absolute atomic E-state index is 0.00354. The third-order valence-electron chi connectivity index (χ3n) is 6.82. The number of amides is 1. The summed E-state index contributed by atoms with van der Waals surface area (Å²) in [6.07, 6.45) is 6.87. The molecule has 35 heavy (non-hydrogen) atoms. The summed E-state index contributed by atoms with van der Waals surface area (Å²) in [6.45, 7) is 2.60. The Morgan fingerprint density at radius 1 is 1.11 bits per heavy atom. The van der Waals surface area contributed by atoms with E-state index in [4.69, 9.17) is 4.98 Å². The van der Waals surface area contributed by atoms with Crippen LogP contribution in [-0.2, 0) is 17.1 Å². The van der Waals surface area contributed by atoms with Gasteiger partial charge in [0.15, 0.2) is 5.16 Å². The molecule has 2 heterocycles. The predicted octanol–water partition coefficient (Wildman–Crippen LogP) is 6.44. The van der Waals surface area contributed by atoms with Crippen LogP contribution >= 0.6 is 23.1 Å². The molecule has 2 aromatic carbocycles. The summed E-state index contributed by atoms with van der Waals surface area (Å²) < 4.78 is 3.55. The number of rotatable bonds is 8. The summed E-state index contributed by atoms with van der Waals surface area (Å²) >= 11 is 3.11. The van der Waals surface area contributed by atoms with Crippen molar-refractivity contribution in [1.82, 2.24) is 14.9 Å². The summed E-state index contributed by atoms with van der Waals surface area (Å²) in [6, 6.07) is 16.7. The van der Waals surface area contributed by atoms with E-state index in [1.807, 2.05) is 36.4 Å². The molecule has 1 fully saturated rings. The Labute approximate surface area is 214 Å². The van der Waals surface area contributed by atoms with Gasteiger partial charge >= 0.3 is 0 Å². The number of aromatic nitrogens is 2. The fourth-order valence-electron chi connectivity index (χ4n) is 4.82. The van der Waals surface area contributed by atoms with E-state index >= 15 is 0 Å². The number of fused-ring (bicyclic) bond motifs is 3. The van der Waals surface area contributed by atoms with Crippen molar-refractivity contribution in [1.29, 1.82) is 0 Å². The number of carbonyl (C=O) groups excluding carboxylic acids is 1. The lowest BCUT2D eigenvalue weighted by Crippen LogP contribution is -2.36. The van der Waals surface area contributed by atoms with Gasteiger partial charge in [-0.1, -0.05) is 73.5 Å². The second-order valence-electron chi connectivity index (χ2n) is 9.35. The van der Waals surface area contributed by atoms with Gasteiger partial charge in [0.1, 0.15) is 4.70 Å². The van der Waals surface area contributed by atoms with Crippen LogP contribution in [0, 0.1) is 6.92 Å². The summed E-state index contributed by atoms with van der Waals surface area (Å²) in [5, 5.41) is 4.94. The molecule has 0 saturated heterocycles. The van der Waals surface area contributed by atoms with Gasteiger partial charge < -0.3 is 5.32 Å². The highest BCUT2D eigenvalue weighted by Gasteiger charge is 2.18. The molecule has 5 nitrogen and oxygen atoms in total. The van der Waals surface area contributed by atoms with Gasteiger partial charge in [-0.3, -0.25) is 14.2 Å². The van der Waals surface area contributed by atoms with Gasteiger partial charge in [0.2, 0.25) is 5.91 Å². The molecule has 0 aliphatic heterocycles. The second kappa shape index (κ2) is 11.0. The molecule has 1 N–H and O–H groups in total. The van der Waals surface area contributed by atoms with Crippen molar-refractivity contribution in [3.8, 4) is 0 Å². The van der Waals surface area contributed by atoms with E-state index in [1.165, 1.54) is 41.7 Å². The number of benzene rings is 2. The molecule has 0 unspecified atom stereocenters. The molecule has 0 atom stereocenters. The fourth-order valence-corrected chi connectivity index (χ4v) is 7.00. The van der Waals surface area contributed by atoms with Gasteiger partial charge in [-0.2, -0.15) is 0 Å². The summed E-state index contributed by atoms with van der Waals surface area (Å²) in [7, 11) is 0. The molecule has 182 valence electrons. The molecule has 1 amide bonds.